The first-order valence-corrected chi connectivity index (χ1v) is 8.65. The van der Waals surface area contributed by atoms with Crippen molar-refractivity contribution in [1.82, 2.24) is 19.8 Å². The highest BCUT2D eigenvalue weighted by Crippen LogP contribution is 2.27. The molecule has 5 heteroatoms. The van der Waals surface area contributed by atoms with E-state index in [1.807, 2.05) is 12.4 Å². The third-order valence-electron chi connectivity index (χ3n) is 4.16. The van der Waals surface area contributed by atoms with Gasteiger partial charge in [-0.2, -0.15) is 0 Å². The fourth-order valence-corrected chi connectivity index (χ4v) is 3.62. The highest BCUT2D eigenvalue weighted by atomic mass is 32.1. The first-order chi connectivity index (χ1) is 10.3. The van der Waals surface area contributed by atoms with Gasteiger partial charge in [-0.1, -0.05) is 13.0 Å². The Bertz CT molecular complexity index is 544. The van der Waals surface area contributed by atoms with Crippen LogP contribution in [-0.2, 0) is 7.05 Å². The number of imidazole rings is 1. The molecule has 1 aliphatic carbocycles. The summed E-state index contributed by atoms with van der Waals surface area (Å²) in [5.41, 5.74) is 0. The van der Waals surface area contributed by atoms with Crippen molar-refractivity contribution in [2.45, 2.75) is 31.8 Å². The number of nitrogens with one attached hydrogen (secondary N) is 1. The Labute approximate surface area is 130 Å². The van der Waals surface area contributed by atoms with Gasteiger partial charge in [0.15, 0.2) is 0 Å². The molecule has 0 amide bonds. The zero-order valence-corrected chi connectivity index (χ0v) is 13.6. The molecular formula is C16H24N4S. The number of nitrogens with zero attached hydrogens (tertiary/aromatic N) is 3. The molecule has 0 spiro atoms. The Kier molecular flexibility index (Phi) is 4.73. The first kappa shape index (κ1) is 14.8. The van der Waals surface area contributed by atoms with Crippen molar-refractivity contribution in [2.75, 3.05) is 19.6 Å². The second kappa shape index (κ2) is 6.73. The van der Waals surface area contributed by atoms with E-state index >= 15 is 0 Å². The number of thiophene rings is 1. The molecule has 0 aliphatic heterocycles. The second-order valence-electron chi connectivity index (χ2n) is 5.66. The maximum atomic E-state index is 4.53. The quantitative estimate of drug-likeness (QED) is 0.814. The minimum atomic E-state index is 0.197. The first-order valence-electron chi connectivity index (χ1n) is 7.77. The molecule has 1 unspecified atom stereocenters. The molecule has 21 heavy (non-hydrogen) atoms. The van der Waals surface area contributed by atoms with Gasteiger partial charge in [0.1, 0.15) is 11.9 Å². The maximum Gasteiger partial charge on any atom is 0.131 e. The predicted octanol–water partition coefficient (Wildman–Crippen LogP) is 2.64. The summed E-state index contributed by atoms with van der Waals surface area (Å²) in [6, 6.07) is 5.34. The van der Waals surface area contributed by atoms with Gasteiger partial charge in [-0.3, -0.25) is 4.90 Å². The minimum absolute atomic E-state index is 0.197. The highest BCUT2D eigenvalue weighted by Gasteiger charge is 2.27. The van der Waals surface area contributed by atoms with E-state index in [0.29, 0.717) is 0 Å². The van der Waals surface area contributed by atoms with E-state index in [1.54, 1.807) is 11.3 Å². The smallest absolute Gasteiger partial charge is 0.131 e. The topological polar surface area (TPSA) is 33.1 Å². The van der Waals surface area contributed by atoms with Gasteiger partial charge in [0.2, 0.25) is 0 Å². The van der Waals surface area contributed by atoms with E-state index in [9.17, 15) is 0 Å². The third kappa shape index (κ3) is 3.54. The molecule has 1 atom stereocenters. The third-order valence-corrected chi connectivity index (χ3v) is 5.10. The Balaban J connectivity index is 1.64. The summed E-state index contributed by atoms with van der Waals surface area (Å²) in [6.45, 7) is 5.53. The van der Waals surface area contributed by atoms with Crippen molar-refractivity contribution in [1.29, 1.82) is 0 Å². The number of aromatic nitrogens is 2. The summed E-state index contributed by atoms with van der Waals surface area (Å²) in [5.74, 6) is 1.09. The van der Waals surface area contributed by atoms with Crippen molar-refractivity contribution >= 4 is 11.3 Å². The summed E-state index contributed by atoms with van der Waals surface area (Å²) in [4.78, 5) is 8.44. The van der Waals surface area contributed by atoms with Crippen molar-refractivity contribution in [3.63, 3.8) is 0 Å². The van der Waals surface area contributed by atoms with E-state index in [0.717, 1.165) is 31.5 Å². The molecule has 0 saturated heterocycles. The molecule has 0 radical (unpaired) electrons. The molecule has 1 aliphatic rings. The highest BCUT2D eigenvalue weighted by molar-refractivity contribution is 7.10. The lowest BCUT2D eigenvalue weighted by Crippen LogP contribution is -2.35. The average Bonchev–Trinajstić information content (AvgIpc) is 3.01. The minimum Gasteiger partial charge on any atom is -0.336 e. The van der Waals surface area contributed by atoms with Gasteiger partial charge in [-0.05, 0) is 30.8 Å². The monoisotopic (exact) mass is 304 g/mol. The fourth-order valence-electron chi connectivity index (χ4n) is 2.82. The molecule has 114 valence electrons. The van der Waals surface area contributed by atoms with Crippen molar-refractivity contribution in [3.8, 4) is 0 Å². The number of hydrogen-bond acceptors (Lipinski definition) is 4. The molecule has 0 aromatic carbocycles. The number of rotatable bonds is 8. The molecule has 1 N–H and O–H groups in total. The van der Waals surface area contributed by atoms with Gasteiger partial charge in [-0.25, -0.2) is 4.98 Å². The van der Waals surface area contributed by atoms with E-state index in [2.05, 4.69) is 51.3 Å². The summed E-state index contributed by atoms with van der Waals surface area (Å²) in [6.07, 6.45) is 6.64. The van der Waals surface area contributed by atoms with Gasteiger partial charge < -0.3 is 9.88 Å². The molecular weight excluding hydrogens is 280 g/mol. The summed E-state index contributed by atoms with van der Waals surface area (Å²) < 4.78 is 2.11. The molecule has 2 heterocycles. The predicted molar refractivity (Wildman–Crippen MR) is 87.6 cm³/mol. The zero-order chi connectivity index (χ0) is 14.7. The average molecular weight is 304 g/mol. The normalized spacial score (nSPS) is 16.5. The van der Waals surface area contributed by atoms with Crippen LogP contribution < -0.4 is 5.32 Å². The molecule has 3 rings (SSSR count). The lowest BCUT2D eigenvalue weighted by Gasteiger charge is -2.22. The van der Waals surface area contributed by atoms with Crippen LogP contribution >= 0.6 is 11.3 Å². The lowest BCUT2D eigenvalue weighted by atomic mass is 10.2. The molecule has 1 fully saturated rings. The van der Waals surface area contributed by atoms with Gasteiger partial charge in [-0.15, -0.1) is 11.3 Å². The number of hydrogen-bond donors (Lipinski definition) is 1. The summed E-state index contributed by atoms with van der Waals surface area (Å²) in [7, 11) is 2.06. The summed E-state index contributed by atoms with van der Waals surface area (Å²) in [5, 5.41) is 5.83. The van der Waals surface area contributed by atoms with Crippen LogP contribution in [0.5, 0.6) is 0 Å². The van der Waals surface area contributed by atoms with Crippen LogP contribution in [0, 0.1) is 0 Å². The van der Waals surface area contributed by atoms with Crippen LogP contribution in [0.2, 0.25) is 0 Å². The number of aryl methyl sites for hydroxylation is 1. The van der Waals surface area contributed by atoms with E-state index in [1.165, 1.54) is 17.7 Å². The van der Waals surface area contributed by atoms with Gasteiger partial charge in [0.05, 0.1) is 0 Å². The van der Waals surface area contributed by atoms with Crippen LogP contribution in [0.15, 0.2) is 29.9 Å². The maximum absolute atomic E-state index is 4.53. The van der Waals surface area contributed by atoms with E-state index in [-0.39, 0.29) is 6.04 Å². The SMILES string of the molecule is CCN(CCNC(c1cccs1)c1nccn1C)C1CC1. The van der Waals surface area contributed by atoms with Crippen molar-refractivity contribution < 1.29 is 0 Å². The Morgan fingerprint density at radius 3 is 2.95 bits per heavy atom. The van der Waals surface area contributed by atoms with Gasteiger partial charge in [0, 0.05) is 43.4 Å². The van der Waals surface area contributed by atoms with Crippen LogP contribution in [0.4, 0.5) is 0 Å². The fraction of sp³-hybridized carbons (Fsp3) is 0.562. The van der Waals surface area contributed by atoms with Crippen molar-refractivity contribution in [2.24, 2.45) is 7.05 Å². The molecule has 2 aromatic rings. The zero-order valence-electron chi connectivity index (χ0n) is 12.8. The van der Waals surface area contributed by atoms with E-state index in [4.69, 9.17) is 0 Å². The molecule has 0 bridgehead atoms. The van der Waals surface area contributed by atoms with Crippen LogP contribution in [0.3, 0.4) is 0 Å². The molecule has 1 saturated carbocycles. The van der Waals surface area contributed by atoms with Crippen LogP contribution in [-0.4, -0.2) is 40.1 Å². The molecule has 4 nitrogen and oxygen atoms in total. The van der Waals surface area contributed by atoms with Gasteiger partial charge in [0.25, 0.3) is 0 Å². The molecule has 2 aromatic heterocycles. The van der Waals surface area contributed by atoms with E-state index < -0.39 is 0 Å². The Morgan fingerprint density at radius 1 is 1.52 bits per heavy atom. The largest absolute Gasteiger partial charge is 0.336 e. The lowest BCUT2D eigenvalue weighted by molar-refractivity contribution is 0.274. The Hall–Kier alpha value is -1.17. The standard InChI is InChI=1S/C16H24N4S/c1-3-20(13-6-7-13)11-9-17-15(14-5-4-12-21-14)16-18-8-10-19(16)2/h4-5,8,10,12-13,15,17H,3,6-7,9,11H2,1-2H3. The summed E-state index contributed by atoms with van der Waals surface area (Å²) >= 11 is 1.79. The van der Waals surface area contributed by atoms with Crippen molar-refractivity contribution in [3.05, 3.63) is 40.6 Å². The van der Waals surface area contributed by atoms with Crippen LogP contribution in [0.25, 0.3) is 0 Å². The number of likely N-dealkylation sites (N-methyl/N-ethyl adjacent to an activating group) is 1. The van der Waals surface area contributed by atoms with Crippen LogP contribution in [0.1, 0.15) is 36.5 Å². The van der Waals surface area contributed by atoms with Gasteiger partial charge >= 0.3 is 0 Å². The Morgan fingerprint density at radius 2 is 2.38 bits per heavy atom. The second-order valence-corrected chi connectivity index (χ2v) is 6.64.